The van der Waals surface area contributed by atoms with Gasteiger partial charge in [-0.15, -0.1) is 0 Å². The van der Waals surface area contributed by atoms with Crippen molar-refractivity contribution in [1.82, 2.24) is 15.3 Å². The highest BCUT2D eigenvalue weighted by Gasteiger charge is 2.13. The Morgan fingerprint density at radius 2 is 1.71 bits per heavy atom. The first-order valence-electron chi connectivity index (χ1n) is 7.49. The molecule has 0 bridgehead atoms. The number of benzene rings is 2. The van der Waals surface area contributed by atoms with E-state index >= 15 is 0 Å². The van der Waals surface area contributed by atoms with Gasteiger partial charge < -0.3 is 9.64 Å². The first-order chi connectivity index (χ1) is 10.3. The Morgan fingerprint density at radius 1 is 1.00 bits per heavy atom. The van der Waals surface area contributed by atoms with Crippen molar-refractivity contribution in [3.8, 4) is 5.75 Å². The highest BCUT2D eigenvalue weighted by molar-refractivity contribution is 5.91. The van der Waals surface area contributed by atoms with E-state index in [1.54, 1.807) is 7.11 Å². The minimum Gasteiger partial charge on any atom is -0.496 e. The van der Waals surface area contributed by atoms with Gasteiger partial charge in [-0.1, -0.05) is 30.3 Å². The van der Waals surface area contributed by atoms with E-state index in [9.17, 15) is 0 Å². The van der Waals surface area contributed by atoms with E-state index in [0.717, 1.165) is 38.5 Å². The molecule has 21 heavy (non-hydrogen) atoms. The molecule has 0 aromatic heterocycles. The van der Waals surface area contributed by atoms with Crippen molar-refractivity contribution in [2.45, 2.75) is 6.54 Å². The second kappa shape index (κ2) is 6.43. The lowest BCUT2D eigenvalue weighted by atomic mass is 10.0. The van der Waals surface area contributed by atoms with Gasteiger partial charge in [0, 0.05) is 38.1 Å². The Balaban J connectivity index is 1.75. The van der Waals surface area contributed by atoms with E-state index in [-0.39, 0.29) is 0 Å². The summed E-state index contributed by atoms with van der Waals surface area (Å²) in [7, 11) is 3.90. The van der Waals surface area contributed by atoms with Crippen LogP contribution in [0.5, 0.6) is 5.75 Å². The molecule has 0 radical (unpaired) electrons. The van der Waals surface area contributed by atoms with Crippen LogP contribution in [0.3, 0.4) is 0 Å². The smallest absolute Gasteiger partial charge is 0.126 e. The molecular weight excluding hydrogens is 262 g/mol. The van der Waals surface area contributed by atoms with E-state index in [4.69, 9.17) is 4.74 Å². The molecule has 1 heterocycles. The molecule has 1 fully saturated rings. The van der Waals surface area contributed by atoms with Gasteiger partial charge in [0.25, 0.3) is 0 Å². The predicted octanol–water partition coefficient (Wildman–Crippen LogP) is 2.10. The molecule has 1 N–H and O–H groups in total. The molecule has 0 amide bonds. The Labute approximate surface area is 126 Å². The van der Waals surface area contributed by atoms with Crippen LogP contribution in [0.25, 0.3) is 10.8 Å². The highest BCUT2D eigenvalue weighted by Crippen LogP contribution is 2.28. The zero-order valence-electron chi connectivity index (χ0n) is 12.8. The van der Waals surface area contributed by atoms with E-state index < -0.39 is 0 Å². The van der Waals surface area contributed by atoms with Crippen LogP contribution in [-0.4, -0.2) is 50.2 Å². The van der Waals surface area contributed by atoms with Crippen LogP contribution in [0.4, 0.5) is 0 Å². The summed E-state index contributed by atoms with van der Waals surface area (Å²) in [6, 6.07) is 12.6. The standard InChI is InChI=1S/C17H23N3O/c1-19-9-11-20(12-10-19)18-13-14-7-8-17(21-2)16-6-4-3-5-15(14)16/h3-8,18H,9-13H2,1-2H3. The summed E-state index contributed by atoms with van der Waals surface area (Å²) in [5.41, 5.74) is 4.86. The summed E-state index contributed by atoms with van der Waals surface area (Å²) >= 11 is 0. The van der Waals surface area contributed by atoms with E-state index in [2.05, 4.69) is 58.8 Å². The second-order valence-corrected chi connectivity index (χ2v) is 5.60. The molecule has 2 aromatic rings. The van der Waals surface area contributed by atoms with Crippen LogP contribution < -0.4 is 10.2 Å². The van der Waals surface area contributed by atoms with Gasteiger partial charge in [-0.25, -0.2) is 5.01 Å². The maximum atomic E-state index is 5.45. The van der Waals surface area contributed by atoms with Gasteiger partial charge in [0.05, 0.1) is 7.11 Å². The molecule has 3 rings (SSSR count). The van der Waals surface area contributed by atoms with Crippen LogP contribution >= 0.6 is 0 Å². The zero-order valence-corrected chi connectivity index (χ0v) is 12.8. The van der Waals surface area contributed by atoms with Gasteiger partial charge in [-0.2, -0.15) is 0 Å². The topological polar surface area (TPSA) is 27.7 Å². The number of nitrogens with zero attached hydrogens (tertiary/aromatic N) is 2. The Kier molecular flexibility index (Phi) is 4.39. The largest absolute Gasteiger partial charge is 0.496 e. The maximum absolute atomic E-state index is 5.45. The van der Waals surface area contributed by atoms with Crippen LogP contribution in [0.2, 0.25) is 0 Å². The summed E-state index contributed by atoms with van der Waals surface area (Å²) in [6.07, 6.45) is 0. The maximum Gasteiger partial charge on any atom is 0.126 e. The number of nitrogens with one attached hydrogen (secondary N) is 1. The van der Waals surface area contributed by atoms with Crippen LogP contribution in [0, 0.1) is 0 Å². The lowest BCUT2D eigenvalue weighted by molar-refractivity contribution is 0.102. The molecular formula is C17H23N3O. The number of methoxy groups -OCH3 is 1. The first kappa shape index (κ1) is 14.3. The number of fused-ring (bicyclic) bond motifs is 1. The summed E-state index contributed by atoms with van der Waals surface area (Å²) in [6.45, 7) is 5.25. The molecule has 0 spiro atoms. The minimum atomic E-state index is 0.855. The molecule has 2 aromatic carbocycles. The van der Waals surface area contributed by atoms with Crippen molar-refractivity contribution in [3.63, 3.8) is 0 Å². The molecule has 0 aliphatic carbocycles. The molecule has 1 aliphatic rings. The number of likely N-dealkylation sites (N-methyl/N-ethyl adjacent to an activating group) is 1. The lowest BCUT2D eigenvalue weighted by Gasteiger charge is -2.32. The Morgan fingerprint density at radius 3 is 2.43 bits per heavy atom. The fourth-order valence-electron chi connectivity index (χ4n) is 2.83. The van der Waals surface area contributed by atoms with Crippen LogP contribution in [-0.2, 0) is 6.54 Å². The zero-order chi connectivity index (χ0) is 14.7. The fraction of sp³-hybridized carbons (Fsp3) is 0.412. The normalized spacial score (nSPS) is 17.2. The predicted molar refractivity (Wildman–Crippen MR) is 86.4 cm³/mol. The molecule has 4 heteroatoms. The second-order valence-electron chi connectivity index (χ2n) is 5.60. The van der Waals surface area contributed by atoms with Crippen LogP contribution in [0.1, 0.15) is 5.56 Å². The third-order valence-corrected chi connectivity index (χ3v) is 4.19. The van der Waals surface area contributed by atoms with Crippen molar-refractivity contribution >= 4 is 10.8 Å². The average Bonchev–Trinajstić information content (AvgIpc) is 2.54. The molecule has 0 saturated carbocycles. The third-order valence-electron chi connectivity index (χ3n) is 4.19. The van der Waals surface area contributed by atoms with Crippen molar-refractivity contribution in [3.05, 3.63) is 42.0 Å². The fourth-order valence-corrected chi connectivity index (χ4v) is 2.83. The quantitative estimate of drug-likeness (QED) is 0.931. The van der Waals surface area contributed by atoms with Gasteiger partial charge in [-0.3, -0.25) is 5.43 Å². The third kappa shape index (κ3) is 3.18. The number of rotatable bonds is 4. The summed E-state index contributed by atoms with van der Waals surface area (Å²) in [4.78, 5) is 2.36. The van der Waals surface area contributed by atoms with E-state index in [0.29, 0.717) is 0 Å². The molecule has 0 unspecified atom stereocenters. The van der Waals surface area contributed by atoms with Gasteiger partial charge in [-0.05, 0) is 24.1 Å². The monoisotopic (exact) mass is 285 g/mol. The number of hydrazine groups is 1. The molecule has 112 valence electrons. The highest BCUT2D eigenvalue weighted by atomic mass is 16.5. The van der Waals surface area contributed by atoms with Gasteiger partial charge in [0.2, 0.25) is 0 Å². The van der Waals surface area contributed by atoms with Crippen LogP contribution in [0.15, 0.2) is 36.4 Å². The SMILES string of the molecule is COc1ccc(CNN2CCN(C)CC2)c2ccccc12. The van der Waals surface area contributed by atoms with Gasteiger partial charge in [0.1, 0.15) is 5.75 Å². The number of hydrogen-bond acceptors (Lipinski definition) is 4. The number of piperazine rings is 1. The number of hydrogen-bond donors (Lipinski definition) is 1. The molecule has 4 nitrogen and oxygen atoms in total. The summed E-state index contributed by atoms with van der Waals surface area (Å²) in [5.74, 6) is 0.939. The summed E-state index contributed by atoms with van der Waals surface area (Å²) < 4.78 is 5.45. The van der Waals surface area contributed by atoms with Crippen molar-refractivity contribution in [2.24, 2.45) is 0 Å². The van der Waals surface area contributed by atoms with E-state index in [1.807, 2.05) is 0 Å². The van der Waals surface area contributed by atoms with E-state index in [1.165, 1.54) is 16.3 Å². The van der Waals surface area contributed by atoms with Gasteiger partial charge in [0.15, 0.2) is 0 Å². The lowest BCUT2D eigenvalue weighted by Crippen LogP contribution is -2.50. The molecule has 1 saturated heterocycles. The molecule has 1 aliphatic heterocycles. The van der Waals surface area contributed by atoms with Crippen molar-refractivity contribution in [1.29, 1.82) is 0 Å². The summed E-state index contributed by atoms with van der Waals surface area (Å²) in [5, 5.41) is 4.76. The minimum absolute atomic E-state index is 0.855. The van der Waals surface area contributed by atoms with Crippen molar-refractivity contribution in [2.75, 3.05) is 40.3 Å². The average molecular weight is 285 g/mol. The van der Waals surface area contributed by atoms with Gasteiger partial charge >= 0.3 is 0 Å². The Hall–Kier alpha value is -1.62. The Bertz CT molecular complexity index is 606. The molecule has 0 atom stereocenters. The first-order valence-corrected chi connectivity index (χ1v) is 7.49. The van der Waals surface area contributed by atoms with Crippen molar-refractivity contribution < 1.29 is 4.74 Å². The number of ether oxygens (including phenoxy) is 1.